The van der Waals surface area contributed by atoms with Crippen LogP contribution in [0, 0.1) is 11.2 Å². The van der Waals surface area contributed by atoms with E-state index in [4.69, 9.17) is 4.74 Å². The van der Waals surface area contributed by atoms with E-state index in [2.05, 4.69) is 5.32 Å². The number of hydrogen-bond acceptors (Lipinski definition) is 3. The van der Waals surface area contributed by atoms with Crippen LogP contribution in [0.4, 0.5) is 10.1 Å². The smallest absolute Gasteiger partial charge is 0.310 e. The van der Waals surface area contributed by atoms with E-state index in [1.54, 1.807) is 0 Å². The summed E-state index contributed by atoms with van der Waals surface area (Å²) in [6.07, 6.45) is 4.58. The number of anilines is 1. The monoisotopic (exact) mass is 323 g/mol. The van der Waals surface area contributed by atoms with Crippen LogP contribution in [0.25, 0.3) is 0 Å². The molecule has 1 aromatic rings. The molecule has 5 nitrogen and oxygen atoms in total. The minimum atomic E-state index is -1.01. The van der Waals surface area contributed by atoms with Gasteiger partial charge in [0.2, 0.25) is 5.91 Å². The average Bonchev–Trinajstić information content (AvgIpc) is 2.75. The second kappa shape index (κ2) is 7.44. The normalized spacial score (nSPS) is 17.1. The van der Waals surface area contributed by atoms with Gasteiger partial charge in [-0.15, -0.1) is 0 Å². The number of methoxy groups -OCH3 is 1. The molecule has 2 rings (SSSR count). The summed E-state index contributed by atoms with van der Waals surface area (Å²) in [7, 11) is 1.38. The summed E-state index contributed by atoms with van der Waals surface area (Å²) >= 11 is 0. The van der Waals surface area contributed by atoms with Gasteiger partial charge in [0.05, 0.1) is 18.2 Å². The van der Waals surface area contributed by atoms with Gasteiger partial charge in [-0.3, -0.25) is 9.59 Å². The van der Waals surface area contributed by atoms with Crippen molar-refractivity contribution in [2.24, 2.45) is 5.41 Å². The van der Waals surface area contributed by atoms with Crippen molar-refractivity contribution >= 4 is 17.6 Å². The van der Waals surface area contributed by atoms with Gasteiger partial charge in [-0.05, 0) is 25.0 Å². The first-order valence-electron chi connectivity index (χ1n) is 7.84. The molecule has 0 saturated heterocycles. The molecule has 0 bridgehead atoms. The Morgan fingerprint density at radius 2 is 1.91 bits per heavy atom. The second-order valence-electron chi connectivity index (χ2n) is 6.07. The van der Waals surface area contributed by atoms with Gasteiger partial charge in [-0.2, -0.15) is 0 Å². The Bertz CT molecular complexity index is 580. The van der Waals surface area contributed by atoms with E-state index in [1.165, 1.54) is 25.3 Å². The van der Waals surface area contributed by atoms with Gasteiger partial charge >= 0.3 is 5.97 Å². The number of carboxylic acids is 1. The lowest BCUT2D eigenvalue weighted by Gasteiger charge is -2.27. The molecule has 1 fully saturated rings. The lowest BCUT2D eigenvalue weighted by atomic mass is 9.77. The highest BCUT2D eigenvalue weighted by Gasteiger charge is 2.40. The third-order valence-corrected chi connectivity index (χ3v) is 4.45. The zero-order valence-electron chi connectivity index (χ0n) is 13.2. The van der Waals surface area contributed by atoms with E-state index < -0.39 is 17.2 Å². The molecule has 0 spiro atoms. The summed E-state index contributed by atoms with van der Waals surface area (Å²) in [5, 5.41) is 12.3. The van der Waals surface area contributed by atoms with Crippen LogP contribution < -0.4 is 10.1 Å². The van der Waals surface area contributed by atoms with E-state index in [1.807, 2.05) is 0 Å². The fourth-order valence-electron chi connectivity index (χ4n) is 3.14. The van der Waals surface area contributed by atoms with Gasteiger partial charge in [0.1, 0.15) is 11.6 Å². The minimum absolute atomic E-state index is 0.0805. The molecule has 0 radical (unpaired) electrons. The van der Waals surface area contributed by atoms with E-state index in [9.17, 15) is 19.1 Å². The molecule has 1 aliphatic carbocycles. The topological polar surface area (TPSA) is 75.6 Å². The van der Waals surface area contributed by atoms with Crippen LogP contribution in [0.5, 0.6) is 5.75 Å². The number of ether oxygens (including phenoxy) is 1. The zero-order chi connectivity index (χ0) is 16.9. The third-order valence-electron chi connectivity index (χ3n) is 4.45. The largest absolute Gasteiger partial charge is 0.494 e. The number of carboxylic acid groups (broad SMARTS) is 1. The number of benzene rings is 1. The maximum absolute atomic E-state index is 13.2. The Morgan fingerprint density at radius 3 is 2.48 bits per heavy atom. The molecule has 0 heterocycles. The number of halogens is 1. The molecule has 0 atom stereocenters. The fraction of sp³-hybridized carbons (Fsp3) is 0.529. The summed E-state index contributed by atoms with van der Waals surface area (Å²) in [6, 6.07) is 3.80. The van der Waals surface area contributed by atoms with Crippen molar-refractivity contribution in [3.05, 3.63) is 24.0 Å². The van der Waals surface area contributed by atoms with Crippen LogP contribution in [0.15, 0.2) is 18.2 Å². The lowest BCUT2D eigenvalue weighted by molar-refractivity contribution is -0.152. The molecule has 1 aliphatic rings. The number of nitrogens with one attached hydrogen (secondary N) is 1. The van der Waals surface area contributed by atoms with E-state index in [-0.39, 0.29) is 18.1 Å². The Balaban J connectivity index is 2.12. The van der Waals surface area contributed by atoms with Crippen molar-refractivity contribution in [2.45, 2.75) is 44.9 Å². The van der Waals surface area contributed by atoms with E-state index >= 15 is 0 Å². The molecule has 6 heteroatoms. The maximum atomic E-state index is 13.2. The molecule has 126 valence electrons. The van der Waals surface area contributed by atoms with Crippen molar-refractivity contribution in [3.63, 3.8) is 0 Å². The summed E-state index contributed by atoms with van der Waals surface area (Å²) < 4.78 is 18.2. The van der Waals surface area contributed by atoms with Crippen LogP contribution >= 0.6 is 0 Å². The zero-order valence-corrected chi connectivity index (χ0v) is 13.2. The molecule has 2 N–H and O–H groups in total. The minimum Gasteiger partial charge on any atom is -0.494 e. The predicted molar refractivity (Wildman–Crippen MR) is 84.0 cm³/mol. The third kappa shape index (κ3) is 4.21. The SMILES string of the molecule is COc1cc(F)ccc1NC(=O)CC1(C(=O)O)CCCCCC1. The molecule has 1 amide bonds. The van der Waals surface area contributed by atoms with Gasteiger partial charge in [0, 0.05) is 12.5 Å². The lowest BCUT2D eigenvalue weighted by Crippen LogP contribution is -2.35. The van der Waals surface area contributed by atoms with Crippen molar-refractivity contribution < 1.29 is 23.8 Å². The molecule has 1 aromatic carbocycles. The molecular formula is C17H22FNO4. The summed E-state index contributed by atoms with van der Waals surface area (Å²) in [5.74, 6) is -1.56. The highest BCUT2D eigenvalue weighted by molar-refractivity contribution is 5.95. The molecular weight excluding hydrogens is 301 g/mol. The predicted octanol–water partition coefficient (Wildman–Crippen LogP) is 3.59. The Kier molecular flexibility index (Phi) is 5.58. The first-order chi connectivity index (χ1) is 11.0. The molecule has 0 unspecified atom stereocenters. The van der Waals surface area contributed by atoms with Crippen molar-refractivity contribution in [1.29, 1.82) is 0 Å². The van der Waals surface area contributed by atoms with Gasteiger partial charge in [-0.25, -0.2) is 4.39 Å². The Labute approximate surface area is 134 Å². The summed E-state index contributed by atoms with van der Waals surface area (Å²) in [4.78, 5) is 24.1. The van der Waals surface area contributed by atoms with Gasteiger partial charge in [0.25, 0.3) is 0 Å². The number of rotatable bonds is 5. The van der Waals surface area contributed by atoms with E-state index in [0.717, 1.165) is 25.7 Å². The van der Waals surface area contributed by atoms with Crippen LogP contribution in [0.1, 0.15) is 44.9 Å². The Morgan fingerprint density at radius 1 is 1.26 bits per heavy atom. The van der Waals surface area contributed by atoms with Gasteiger partial charge in [0.15, 0.2) is 0 Å². The summed E-state index contributed by atoms with van der Waals surface area (Å²) in [6.45, 7) is 0. The van der Waals surface area contributed by atoms with Crippen LogP contribution in [0.3, 0.4) is 0 Å². The van der Waals surface area contributed by atoms with Crippen LogP contribution in [0.2, 0.25) is 0 Å². The van der Waals surface area contributed by atoms with Crippen molar-refractivity contribution in [2.75, 3.05) is 12.4 Å². The van der Waals surface area contributed by atoms with Crippen LogP contribution in [-0.2, 0) is 9.59 Å². The van der Waals surface area contributed by atoms with Crippen molar-refractivity contribution in [1.82, 2.24) is 0 Å². The average molecular weight is 323 g/mol. The summed E-state index contributed by atoms with van der Waals surface area (Å²) in [5.41, 5.74) is -0.665. The molecule has 0 aromatic heterocycles. The number of carbonyl (C=O) groups is 2. The highest BCUT2D eigenvalue weighted by Crippen LogP contribution is 2.39. The fourth-order valence-corrected chi connectivity index (χ4v) is 3.14. The quantitative estimate of drug-likeness (QED) is 0.812. The van der Waals surface area contributed by atoms with Gasteiger partial charge < -0.3 is 15.2 Å². The number of amides is 1. The van der Waals surface area contributed by atoms with Crippen LogP contribution in [-0.4, -0.2) is 24.1 Å². The van der Waals surface area contributed by atoms with Gasteiger partial charge in [-0.1, -0.05) is 25.7 Å². The first-order valence-corrected chi connectivity index (χ1v) is 7.84. The number of carbonyl (C=O) groups excluding carboxylic acids is 1. The maximum Gasteiger partial charge on any atom is 0.310 e. The highest BCUT2D eigenvalue weighted by atomic mass is 19.1. The van der Waals surface area contributed by atoms with Crippen molar-refractivity contribution in [3.8, 4) is 5.75 Å². The number of hydrogen-bond donors (Lipinski definition) is 2. The van der Waals surface area contributed by atoms with E-state index in [0.29, 0.717) is 18.5 Å². The molecule has 23 heavy (non-hydrogen) atoms. The second-order valence-corrected chi connectivity index (χ2v) is 6.07. The number of aliphatic carboxylic acids is 1. The molecule has 0 aliphatic heterocycles. The standard InChI is InChI=1S/C17H22FNO4/c1-23-14-10-12(18)6-7-13(14)19-15(20)11-17(16(21)22)8-4-2-3-5-9-17/h6-7,10H,2-5,8-9,11H2,1H3,(H,19,20)(H,21,22). The Hall–Kier alpha value is -2.11. The first kappa shape index (κ1) is 17.2. The molecule has 1 saturated carbocycles.